The molecule has 1 fully saturated rings. The van der Waals surface area contributed by atoms with E-state index in [-0.39, 0.29) is 23.9 Å². The van der Waals surface area contributed by atoms with Crippen LogP contribution in [-0.4, -0.2) is 85.4 Å². The number of piperazine rings is 1. The van der Waals surface area contributed by atoms with E-state index in [0.717, 1.165) is 12.0 Å². The van der Waals surface area contributed by atoms with Gasteiger partial charge in [0, 0.05) is 31.2 Å². The van der Waals surface area contributed by atoms with Crippen molar-refractivity contribution < 1.29 is 19.1 Å². The second kappa shape index (κ2) is 9.19. The molecule has 154 valence electrons. The lowest BCUT2D eigenvalue weighted by atomic mass is 10.0. The molecule has 1 aliphatic rings. The Balaban J connectivity index is 2.21. The zero-order valence-electron chi connectivity index (χ0n) is 17.7. The normalized spacial score (nSPS) is 18.2. The van der Waals surface area contributed by atoms with Crippen LogP contribution in [0.4, 0.5) is 0 Å². The average Bonchev–Trinajstić information content (AvgIpc) is 2.71. The summed E-state index contributed by atoms with van der Waals surface area (Å²) in [6, 6.07) is 4.77. The number of esters is 1. The van der Waals surface area contributed by atoms with E-state index in [1.54, 1.807) is 18.2 Å². The van der Waals surface area contributed by atoms with Crippen LogP contribution in [0.5, 0.6) is 0 Å². The number of aryl methyl sites for hydroxylation is 1. The number of amides is 2. The van der Waals surface area contributed by atoms with E-state index < -0.39 is 5.97 Å². The number of carbonyl (C=O) groups is 3. The molecule has 0 aromatic heterocycles. The highest BCUT2D eigenvalue weighted by Crippen LogP contribution is 2.21. The quantitative estimate of drug-likeness (QED) is 0.718. The summed E-state index contributed by atoms with van der Waals surface area (Å²) in [5.74, 6) is -0.489. The molecule has 0 aliphatic carbocycles. The Morgan fingerprint density at radius 2 is 1.93 bits per heavy atom. The zero-order valence-corrected chi connectivity index (χ0v) is 17.7. The number of likely N-dealkylation sites (N-methyl/N-ethyl adjacent to an activating group) is 1. The molecule has 1 unspecified atom stereocenters. The number of nitrogens with zero attached hydrogens (tertiary/aromatic N) is 3. The number of methoxy groups -OCH3 is 1. The summed E-state index contributed by atoms with van der Waals surface area (Å²) in [5, 5.41) is 0. The van der Waals surface area contributed by atoms with Gasteiger partial charge in [0.25, 0.3) is 5.91 Å². The topological polar surface area (TPSA) is 70.2 Å². The Morgan fingerprint density at radius 1 is 1.25 bits per heavy atom. The maximum atomic E-state index is 13.2. The summed E-state index contributed by atoms with van der Waals surface area (Å²) in [6.07, 6.45) is 0.752. The van der Waals surface area contributed by atoms with Crippen molar-refractivity contribution in [3.8, 4) is 0 Å². The third kappa shape index (κ3) is 4.52. The van der Waals surface area contributed by atoms with Gasteiger partial charge in [0.05, 0.1) is 18.7 Å². The molecule has 1 aromatic rings. The first-order valence-corrected chi connectivity index (χ1v) is 9.66. The highest BCUT2D eigenvalue weighted by Gasteiger charge is 2.34. The van der Waals surface area contributed by atoms with Crippen molar-refractivity contribution in [2.75, 3.05) is 40.8 Å². The van der Waals surface area contributed by atoms with Crippen molar-refractivity contribution in [3.05, 3.63) is 34.9 Å². The molecule has 0 saturated carbocycles. The summed E-state index contributed by atoms with van der Waals surface area (Å²) in [4.78, 5) is 43.3. The van der Waals surface area contributed by atoms with Gasteiger partial charge in [-0.05, 0) is 52.1 Å². The third-order valence-electron chi connectivity index (χ3n) is 5.55. The molecule has 1 aromatic carbocycles. The average molecular weight is 389 g/mol. The molecule has 2 rings (SSSR count). The Kier molecular flexibility index (Phi) is 7.18. The van der Waals surface area contributed by atoms with Crippen molar-refractivity contribution in [1.82, 2.24) is 14.7 Å². The van der Waals surface area contributed by atoms with Gasteiger partial charge in [0.1, 0.15) is 0 Å². The van der Waals surface area contributed by atoms with Gasteiger partial charge >= 0.3 is 5.97 Å². The number of rotatable bonds is 5. The van der Waals surface area contributed by atoms with E-state index in [1.165, 1.54) is 7.11 Å². The fraction of sp³-hybridized carbons (Fsp3) is 0.571. The highest BCUT2D eigenvalue weighted by molar-refractivity contribution is 5.99. The number of hydrogen-bond donors (Lipinski definition) is 0. The molecule has 0 radical (unpaired) electrons. The molecule has 1 saturated heterocycles. The van der Waals surface area contributed by atoms with Gasteiger partial charge in [-0.25, -0.2) is 4.79 Å². The fourth-order valence-electron chi connectivity index (χ4n) is 3.41. The van der Waals surface area contributed by atoms with Gasteiger partial charge in [-0.3, -0.25) is 14.5 Å². The van der Waals surface area contributed by atoms with Crippen LogP contribution in [-0.2, 0) is 9.53 Å². The van der Waals surface area contributed by atoms with Crippen molar-refractivity contribution in [2.45, 2.75) is 39.3 Å². The predicted octanol–water partition coefficient (Wildman–Crippen LogP) is 1.79. The standard InChI is InChI=1S/C21H31N3O4/c1-7-17-13-23(19(25)15(3)22(4)5)10-11-24(17)20(26)18-12-16(21(27)28-6)9-8-14(18)2/h8-9,12,15,17H,7,10-11,13H2,1-6H3/t15-,17?/m1/s1. The van der Waals surface area contributed by atoms with Crippen LogP contribution < -0.4 is 0 Å². The lowest BCUT2D eigenvalue weighted by molar-refractivity contribution is -0.138. The minimum absolute atomic E-state index is 0.0549. The number of ether oxygens (including phenoxy) is 1. The first-order valence-electron chi connectivity index (χ1n) is 9.66. The first kappa shape index (κ1) is 21.9. The number of carbonyl (C=O) groups excluding carboxylic acids is 3. The third-order valence-corrected chi connectivity index (χ3v) is 5.55. The second-order valence-electron chi connectivity index (χ2n) is 7.51. The molecule has 7 nitrogen and oxygen atoms in total. The second-order valence-corrected chi connectivity index (χ2v) is 7.51. The van der Waals surface area contributed by atoms with Gasteiger partial charge in [-0.1, -0.05) is 13.0 Å². The largest absolute Gasteiger partial charge is 0.465 e. The van der Waals surface area contributed by atoms with E-state index >= 15 is 0 Å². The van der Waals surface area contributed by atoms with E-state index in [9.17, 15) is 14.4 Å². The van der Waals surface area contributed by atoms with Crippen molar-refractivity contribution in [3.63, 3.8) is 0 Å². The molecule has 1 aliphatic heterocycles. The highest BCUT2D eigenvalue weighted by atomic mass is 16.5. The van der Waals surface area contributed by atoms with Crippen molar-refractivity contribution in [2.24, 2.45) is 0 Å². The lowest BCUT2D eigenvalue weighted by Gasteiger charge is -2.42. The van der Waals surface area contributed by atoms with Gasteiger partial charge in [-0.2, -0.15) is 0 Å². The summed E-state index contributed by atoms with van der Waals surface area (Å²) in [6.45, 7) is 7.28. The van der Waals surface area contributed by atoms with Crippen LogP contribution >= 0.6 is 0 Å². The van der Waals surface area contributed by atoms with Crippen LogP contribution in [0.2, 0.25) is 0 Å². The number of benzene rings is 1. The smallest absolute Gasteiger partial charge is 0.337 e. The molecular formula is C21H31N3O4. The molecule has 0 spiro atoms. The van der Waals surface area contributed by atoms with Crippen LogP contribution in [0.3, 0.4) is 0 Å². The van der Waals surface area contributed by atoms with Crippen molar-refractivity contribution in [1.29, 1.82) is 0 Å². The fourth-order valence-corrected chi connectivity index (χ4v) is 3.41. The Morgan fingerprint density at radius 3 is 2.50 bits per heavy atom. The molecule has 7 heteroatoms. The minimum atomic E-state index is -0.464. The molecule has 1 heterocycles. The summed E-state index contributed by atoms with van der Waals surface area (Å²) >= 11 is 0. The Hall–Kier alpha value is -2.41. The van der Waals surface area contributed by atoms with E-state index in [2.05, 4.69) is 0 Å². The Bertz CT molecular complexity index is 747. The SMILES string of the molecule is CCC1CN(C(=O)[C@@H](C)N(C)C)CCN1C(=O)c1cc(C(=O)OC)ccc1C. The molecule has 28 heavy (non-hydrogen) atoms. The Labute approximate surface area is 167 Å². The minimum Gasteiger partial charge on any atom is -0.465 e. The van der Waals surface area contributed by atoms with Crippen LogP contribution in [0.15, 0.2) is 18.2 Å². The lowest BCUT2D eigenvalue weighted by Crippen LogP contribution is -2.58. The summed E-state index contributed by atoms with van der Waals surface area (Å²) in [5.41, 5.74) is 1.67. The molecule has 0 bridgehead atoms. The van der Waals surface area contributed by atoms with Crippen LogP contribution in [0.1, 0.15) is 46.5 Å². The van der Waals surface area contributed by atoms with Crippen LogP contribution in [0, 0.1) is 6.92 Å². The molecular weight excluding hydrogens is 358 g/mol. The van der Waals surface area contributed by atoms with E-state index in [1.807, 2.05) is 49.6 Å². The molecule has 0 N–H and O–H groups in total. The van der Waals surface area contributed by atoms with Gasteiger partial charge in [0.2, 0.25) is 5.91 Å². The van der Waals surface area contributed by atoms with Crippen LogP contribution in [0.25, 0.3) is 0 Å². The molecule has 2 atom stereocenters. The summed E-state index contributed by atoms with van der Waals surface area (Å²) < 4.78 is 4.77. The zero-order chi connectivity index (χ0) is 21.0. The van der Waals surface area contributed by atoms with Gasteiger partial charge in [0.15, 0.2) is 0 Å². The number of hydrogen-bond acceptors (Lipinski definition) is 5. The van der Waals surface area contributed by atoms with Gasteiger partial charge in [-0.15, -0.1) is 0 Å². The van der Waals surface area contributed by atoms with Crippen molar-refractivity contribution >= 4 is 17.8 Å². The summed E-state index contributed by atoms with van der Waals surface area (Å²) in [7, 11) is 5.09. The first-order chi connectivity index (χ1) is 13.2. The maximum absolute atomic E-state index is 13.2. The predicted molar refractivity (Wildman–Crippen MR) is 107 cm³/mol. The maximum Gasteiger partial charge on any atom is 0.337 e. The van der Waals surface area contributed by atoms with Gasteiger partial charge < -0.3 is 14.5 Å². The van der Waals surface area contributed by atoms with E-state index in [0.29, 0.717) is 30.8 Å². The monoisotopic (exact) mass is 389 g/mol. The molecule has 2 amide bonds. The van der Waals surface area contributed by atoms with E-state index in [4.69, 9.17) is 4.74 Å².